The van der Waals surface area contributed by atoms with E-state index in [1.807, 2.05) is 0 Å². The summed E-state index contributed by atoms with van der Waals surface area (Å²) < 4.78 is 0. The number of allylic oxidation sites excluding steroid dienone is 2. The van der Waals surface area contributed by atoms with E-state index in [1.165, 1.54) is 77.2 Å². The van der Waals surface area contributed by atoms with Crippen LogP contribution in [0.2, 0.25) is 0 Å². The normalized spacial score (nSPS) is 14.8. The lowest BCUT2D eigenvalue weighted by Gasteiger charge is -2.19. The Morgan fingerprint density at radius 3 is 1.97 bits per heavy atom. The molecule has 0 radical (unpaired) electrons. The van der Waals surface area contributed by atoms with Gasteiger partial charge in [0, 0.05) is 5.92 Å². The van der Waals surface area contributed by atoms with Crippen LogP contribution in [0.4, 0.5) is 0 Å². The summed E-state index contributed by atoms with van der Waals surface area (Å²) in [6, 6.07) is 40.0. The number of hydrogen-bond acceptors (Lipinski definition) is 0. The van der Waals surface area contributed by atoms with E-state index in [0.29, 0.717) is 0 Å². The molecule has 0 aliphatic heterocycles. The fourth-order valence-corrected chi connectivity index (χ4v) is 6.55. The van der Waals surface area contributed by atoms with E-state index in [1.54, 1.807) is 0 Å². The first kappa shape index (κ1) is 22.8. The van der Waals surface area contributed by atoms with Crippen LogP contribution in [0.1, 0.15) is 57.3 Å². The molecule has 0 bridgehead atoms. The summed E-state index contributed by atoms with van der Waals surface area (Å²) in [6.07, 6.45) is 4.91. The molecule has 0 spiro atoms. The molecule has 0 heterocycles. The number of benzene rings is 5. The highest BCUT2D eigenvalue weighted by Crippen LogP contribution is 2.41. The van der Waals surface area contributed by atoms with Crippen LogP contribution in [-0.2, 0) is 0 Å². The molecule has 5 aromatic rings. The Labute approximate surface area is 224 Å². The Morgan fingerprint density at radius 2 is 1.26 bits per heavy atom. The molecule has 0 heteroatoms. The second-order valence-corrected chi connectivity index (χ2v) is 10.7. The van der Waals surface area contributed by atoms with Crippen molar-refractivity contribution in [3.63, 3.8) is 0 Å². The van der Waals surface area contributed by atoms with Gasteiger partial charge in [0.2, 0.25) is 0 Å². The zero-order valence-corrected chi connectivity index (χ0v) is 22.1. The minimum Gasteiger partial charge on any atom is -0.0690 e. The van der Waals surface area contributed by atoms with Gasteiger partial charge in [-0.25, -0.2) is 0 Å². The lowest BCUT2D eigenvalue weighted by molar-refractivity contribution is 1.01. The highest BCUT2D eigenvalue weighted by Gasteiger charge is 2.28. The van der Waals surface area contributed by atoms with Crippen molar-refractivity contribution in [1.82, 2.24) is 0 Å². The monoisotopic (exact) mass is 486 g/mol. The van der Waals surface area contributed by atoms with Crippen LogP contribution in [0.3, 0.4) is 0 Å². The van der Waals surface area contributed by atoms with E-state index in [2.05, 4.69) is 142 Å². The molecule has 2 aliphatic rings. The molecule has 182 valence electrons. The third-order valence-electron chi connectivity index (χ3n) is 8.32. The third kappa shape index (κ3) is 3.52. The van der Waals surface area contributed by atoms with Gasteiger partial charge in [-0.15, -0.1) is 0 Å². The van der Waals surface area contributed by atoms with Gasteiger partial charge in [-0.3, -0.25) is 0 Å². The maximum atomic E-state index is 2.48. The highest BCUT2D eigenvalue weighted by molar-refractivity contribution is 5.88. The largest absolute Gasteiger partial charge is 0.0690 e. The molecule has 0 amide bonds. The summed E-state index contributed by atoms with van der Waals surface area (Å²) >= 11 is 0. The van der Waals surface area contributed by atoms with Gasteiger partial charge >= 0.3 is 0 Å². The summed E-state index contributed by atoms with van der Waals surface area (Å²) in [7, 11) is 0. The van der Waals surface area contributed by atoms with Crippen molar-refractivity contribution >= 4 is 17.2 Å². The van der Waals surface area contributed by atoms with Crippen LogP contribution < -0.4 is 10.4 Å². The second kappa shape index (κ2) is 8.85. The molecule has 38 heavy (non-hydrogen) atoms. The van der Waals surface area contributed by atoms with Gasteiger partial charge < -0.3 is 0 Å². The molecule has 0 aromatic heterocycles. The molecule has 0 nitrogen and oxygen atoms in total. The number of rotatable bonds is 3. The van der Waals surface area contributed by atoms with Crippen molar-refractivity contribution in [3.8, 4) is 11.1 Å². The van der Waals surface area contributed by atoms with Crippen molar-refractivity contribution in [1.29, 1.82) is 0 Å². The summed E-state index contributed by atoms with van der Waals surface area (Å²) in [5.41, 5.74) is 16.0. The summed E-state index contributed by atoms with van der Waals surface area (Å²) in [5.74, 6) is 0.236. The van der Waals surface area contributed by atoms with E-state index in [4.69, 9.17) is 0 Å². The van der Waals surface area contributed by atoms with Gasteiger partial charge in [0.25, 0.3) is 0 Å². The Kier molecular flexibility index (Phi) is 5.30. The van der Waals surface area contributed by atoms with Crippen LogP contribution >= 0.6 is 0 Å². The molecule has 2 aliphatic carbocycles. The predicted molar refractivity (Wildman–Crippen MR) is 161 cm³/mol. The first-order valence-electron chi connectivity index (χ1n) is 13.5. The smallest absolute Gasteiger partial charge is 0.0290 e. The maximum absolute atomic E-state index is 2.48. The van der Waals surface area contributed by atoms with Crippen LogP contribution in [0.25, 0.3) is 28.3 Å². The number of hydrogen-bond donors (Lipinski definition) is 0. The molecule has 0 N–H and O–H groups in total. The Balaban J connectivity index is 1.65. The topological polar surface area (TPSA) is 0 Å². The average Bonchev–Trinajstić information content (AvgIpc) is 3.47. The minimum absolute atomic E-state index is 0.236. The van der Waals surface area contributed by atoms with Gasteiger partial charge in [-0.1, -0.05) is 115 Å². The van der Waals surface area contributed by atoms with E-state index in [0.717, 1.165) is 0 Å². The number of fused-ring (bicyclic) bond motifs is 4. The highest BCUT2D eigenvalue weighted by atomic mass is 14.3. The van der Waals surface area contributed by atoms with Gasteiger partial charge in [0.05, 0.1) is 0 Å². The Bertz CT molecular complexity index is 1830. The van der Waals surface area contributed by atoms with Crippen LogP contribution in [-0.4, -0.2) is 0 Å². The van der Waals surface area contributed by atoms with E-state index in [-0.39, 0.29) is 5.92 Å². The lowest BCUT2D eigenvalue weighted by atomic mass is 9.84. The molecule has 0 saturated carbocycles. The van der Waals surface area contributed by atoms with E-state index in [9.17, 15) is 0 Å². The summed E-state index contributed by atoms with van der Waals surface area (Å²) in [5, 5.41) is 2.69. The molecule has 0 fully saturated rings. The second-order valence-electron chi connectivity index (χ2n) is 10.7. The standard InChI is InChI=1S/C38H30/c1-24-18-19-31-29(20-24)22-36-34(31)23-33(38(27-12-6-4-7-13-27)28-14-8-5-9-15-28)26(3)37(36)35-21-25(2)30-16-10-11-17-32(30)35/h4-23,35H,1-3H3. The fraction of sp³-hybridized carbons (Fsp3) is 0.105. The SMILES string of the molecule is CC1=CC(c2c(C)c(=C(c3ccccc3)c3ccccc3)cc3c2=Cc2cc(C)ccc2-3)c2ccccc21. The molecule has 5 aromatic carbocycles. The zero-order chi connectivity index (χ0) is 25.8. The molecule has 1 unspecified atom stereocenters. The lowest BCUT2D eigenvalue weighted by Crippen LogP contribution is -2.25. The first-order chi connectivity index (χ1) is 18.6. The molecular formula is C38H30. The van der Waals surface area contributed by atoms with Crippen molar-refractivity contribution < 1.29 is 0 Å². The average molecular weight is 487 g/mol. The summed E-state index contributed by atoms with van der Waals surface area (Å²) in [6.45, 7) is 6.78. The summed E-state index contributed by atoms with van der Waals surface area (Å²) in [4.78, 5) is 0. The van der Waals surface area contributed by atoms with E-state index >= 15 is 0 Å². The minimum atomic E-state index is 0.236. The molecule has 7 rings (SSSR count). The van der Waals surface area contributed by atoms with E-state index < -0.39 is 0 Å². The van der Waals surface area contributed by atoms with Crippen molar-refractivity contribution in [2.45, 2.75) is 26.7 Å². The van der Waals surface area contributed by atoms with Crippen LogP contribution in [0.5, 0.6) is 0 Å². The Morgan fingerprint density at radius 1 is 0.605 bits per heavy atom. The Hall–Kier alpha value is -4.42. The quantitative estimate of drug-likeness (QED) is 0.238. The van der Waals surface area contributed by atoms with Crippen LogP contribution in [0, 0.1) is 13.8 Å². The van der Waals surface area contributed by atoms with Gasteiger partial charge in [-0.05, 0) is 105 Å². The molecule has 0 saturated heterocycles. The van der Waals surface area contributed by atoms with Crippen molar-refractivity contribution in [2.75, 3.05) is 0 Å². The first-order valence-corrected chi connectivity index (χ1v) is 13.5. The zero-order valence-electron chi connectivity index (χ0n) is 22.1. The van der Waals surface area contributed by atoms with Gasteiger partial charge in [-0.2, -0.15) is 0 Å². The van der Waals surface area contributed by atoms with Crippen molar-refractivity contribution in [3.05, 3.63) is 170 Å². The van der Waals surface area contributed by atoms with Gasteiger partial charge in [0.15, 0.2) is 0 Å². The van der Waals surface area contributed by atoms with Crippen molar-refractivity contribution in [2.24, 2.45) is 0 Å². The van der Waals surface area contributed by atoms with Gasteiger partial charge in [0.1, 0.15) is 0 Å². The van der Waals surface area contributed by atoms with Crippen LogP contribution in [0.15, 0.2) is 115 Å². The maximum Gasteiger partial charge on any atom is 0.0290 e. The molecular weight excluding hydrogens is 456 g/mol. The fourth-order valence-electron chi connectivity index (χ4n) is 6.55. The number of aryl methyl sites for hydroxylation is 1. The predicted octanol–water partition coefficient (Wildman–Crippen LogP) is 7.91. The molecule has 1 atom stereocenters. The third-order valence-corrected chi connectivity index (χ3v) is 8.32.